The van der Waals surface area contributed by atoms with Crippen molar-refractivity contribution < 1.29 is 19.0 Å². The van der Waals surface area contributed by atoms with Gasteiger partial charge in [-0.15, -0.1) is 0 Å². The number of likely N-dealkylation sites (tertiary alicyclic amines) is 1. The van der Waals surface area contributed by atoms with E-state index in [1.807, 2.05) is 30.3 Å². The van der Waals surface area contributed by atoms with Crippen molar-refractivity contribution in [2.45, 2.75) is 51.9 Å². The van der Waals surface area contributed by atoms with Crippen LogP contribution in [-0.2, 0) is 16.1 Å². The predicted molar refractivity (Wildman–Crippen MR) is 182 cm³/mol. The normalized spacial score (nSPS) is 16.6. The maximum atomic E-state index is 13.4. The van der Waals surface area contributed by atoms with Crippen LogP contribution < -0.4 is 20.1 Å². The first-order chi connectivity index (χ1) is 22.9. The lowest BCUT2D eigenvalue weighted by molar-refractivity contribution is -0.112. The van der Waals surface area contributed by atoms with Crippen molar-refractivity contribution in [3.63, 3.8) is 0 Å². The van der Waals surface area contributed by atoms with Crippen LogP contribution in [0, 0.1) is 11.3 Å². The number of hydrogen-bond acceptors (Lipinski definition) is 9. The van der Waals surface area contributed by atoms with Crippen LogP contribution in [0.25, 0.3) is 10.9 Å². The highest BCUT2D eigenvalue weighted by atomic mass is 35.5. The topological polar surface area (TPSA) is 122 Å². The van der Waals surface area contributed by atoms with Crippen LogP contribution in [-0.4, -0.2) is 59.2 Å². The minimum Gasteiger partial charge on any atom is -0.486 e. The van der Waals surface area contributed by atoms with Crippen LogP contribution >= 0.6 is 11.6 Å². The SMILES string of the molecule is CC(C)N1CCC(=CC(=O)Nc2c(OC3CCOC3)ccc3c(Nc4ccc(OCc5ccccn5)c(Cl)c4)c(C#N)cnc23)CC1. The third-order valence-electron chi connectivity index (χ3n) is 8.36. The van der Waals surface area contributed by atoms with Gasteiger partial charge in [0.05, 0.1) is 40.7 Å². The van der Waals surface area contributed by atoms with Crippen molar-refractivity contribution in [3.8, 4) is 17.6 Å². The average molecular weight is 653 g/mol. The largest absolute Gasteiger partial charge is 0.486 e. The van der Waals surface area contributed by atoms with Gasteiger partial charge in [-0.2, -0.15) is 5.26 Å². The Morgan fingerprint density at radius 3 is 2.68 bits per heavy atom. The number of rotatable bonds is 10. The molecule has 0 spiro atoms. The number of fused-ring (bicyclic) bond motifs is 1. The molecule has 0 saturated carbocycles. The van der Waals surface area contributed by atoms with Gasteiger partial charge >= 0.3 is 0 Å². The molecule has 10 nitrogen and oxygen atoms in total. The number of nitriles is 1. The van der Waals surface area contributed by atoms with Gasteiger partial charge in [-0.3, -0.25) is 14.8 Å². The van der Waals surface area contributed by atoms with Crippen molar-refractivity contribution in [3.05, 3.63) is 88.9 Å². The van der Waals surface area contributed by atoms with E-state index < -0.39 is 0 Å². The number of nitrogens with zero attached hydrogens (tertiary/aromatic N) is 4. The van der Waals surface area contributed by atoms with Crippen LogP contribution in [0.3, 0.4) is 0 Å². The number of pyridine rings is 2. The zero-order valence-electron chi connectivity index (χ0n) is 26.5. The number of amides is 1. The zero-order valence-corrected chi connectivity index (χ0v) is 27.2. The van der Waals surface area contributed by atoms with Crippen LogP contribution in [0.4, 0.5) is 17.1 Å². The van der Waals surface area contributed by atoms with E-state index in [0.29, 0.717) is 69.3 Å². The average Bonchev–Trinajstić information content (AvgIpc) is 3.59. The van der Waals surface area contributed by atoms with Crippen molar-refractivity contribution in [2.75, 3.05) is 36.9 Å². The van der Waals surface area contributed by atoms with Crippen LogP contribution in [0.15, 0.2) is 72.6 Å². The smallest absolute Gasteiger partial charge is 0.248 e. The lowest BCUT2D eigenvalue weighted by Gasteiger charge is -2.31. The number of benzene rings is 2. The van der Waals surface area contributed by atoms with Gasteiger partial charge < -0.3 is 29.7 Å². The monoisotopic (exact) mass is 652 g/mol. The number of carbonyl (C=O) groups is 1. The molecule has 2 saturated heterocycles. The molecule has 2 aromatic heterocycles. The molecule has 2 aliphatic heterocycles. The van der Waals surface area contributed by atoms with E-state index in [2.05, 4.69) is 45.4 Å². The number of piperidine rings is 1. The van der Waals surface area contributed by atoms with Crippen LogP contribution in [0.1, 0.15) is 44.4 Å². The van der Waals surface area contributed by atoms with Gasteiger partial charge in [-0.25, -0.2) is 0 Å². The first-order valence-corrected chi connectivity index (χ1v) is 16.2. The van der Waals surface area contributed by atoms with Crippen molar-refractivity contribution in [1.29, 1.82) is 5.26 Å². The van der Waals surface area contributed by atoms with E-state index >= 15 is 0 Å². The molecule has 0 aliphatic carbocycles. The summed E-state index contributed by atoms with van der Waals surface area (Å²) in [6.07, 6.45) is 7.20. The van der Waals surface area contributed by atoms with Gasteiger partial charge in [0.25, 0.3) is 0 Å². The standard InChI is InChI=1S/C36H37ClN6O4/c1-23(2)43-14-10-24(11-15-43)17-33(44)42-36-32(47-28-12-16-45-22-28)9-7-29-34(25(19-38)20-40-35(29)36)41-26-6-8-31(30(37)18-26)46-21-27-5-3-4-13-39-27/h3-9,13,17-18,20,23,28H,10-12,14-16,21-22H2,1-2H3,(H,40,41)(H,42,44). The predicted octanol–water partition coefficient (Wildman–Crippen LogP) is 7.01. The first-order valence-electron chi connectivity index (χ1n) is 15.8. The fraction of sp³-hybridized carbons (Fsp3) is 0.333. The highest BCUT2D eigenvalue weighted by Crippen LogP contribution is 2.39. The Hall–Kier alpha value is -4.69. The van der Waals surface area contributed by atoms with E-state index in [0.717, 1.165) is 43.6 Å². The van der Waals surface area contributed by atoms with Gasteiger partial charge in [0, 0.05) is 55.1 Å². The molecule has 0 radical (unpaired) electrons. The van der Waals surface area contributed by atoms with E-state index in [1.165, 1.54) is 6.20 Å². The molecule has 2 fully saturated rings. The van der Waals surface area contributed by atoms with Crippen LogP contribution in [0.2, 0.25) is 5.02 Å². The summed E-state index contributed by atoms with van der Waals surface area (Å²) in [6.45, 7) is 7.60. The van der Waals surface area contributed by atoms with Gasteiger partial charge in [0.2, 0.25) is 5.91 Å². The number of anilines is 3. The Balaban J connectivity index is 1.29. The quantitative estimate of drug-likeness (QED) is 0.174. The molecular formula is C36H37ClN6O4. The summed E-state index contributed by atoms with van der Waals surface area (Å²) < 4.78 is 17.7. The highest BCUT2D eigenvalue weighted by Gasteiger charge is 2.23. The highest BCUT2D eigenvalue weighted by molar-refractivity contribution is 6.32. The first kappa shape index (κ1) is 32.3. The van der Waals surface area contributed by atoms with Crippen LogP contribution in [0.5, 0.6) is 11.5 Å². The number of halogens is 1. The van der Waals surface area contributed by atoms with E-state index in [4.69, 9.17) is 25.8 Å². The van der Waals surface area contributed by atoms with Gasteiger partial charge in [-0.1, -0.05) is 23.2 Å². The lowest BCUT2D eigenvalue weighted by atomic mass is 10.0. The fourth-order valence-corrected chi connectivity index (χ4v) is 6.00. The molecule has 1 amide bonds. The molecule has 0 bridgehead atoms. The maximum absolute atomic E-state index is 13.4. The van der Waals surface area contributed by atoms with Gasteiger partial charge in [-0.05, 0) is 69.2 Å². The number of nitrogens with one attached hydrogen (secondary N) is 2. The molecule has 47 heavy (non-hydrogen) atoms. The number of ether oxygens (including phenoxy) is 3. The molecule has 1 atom stereocenters. The number of carbonyl (C=O) groups excluding carboxylic acids is 1. The van der Waals surface area contributed by atoms with E-state index in [1.54, 1.807) is 30.5 Å². The fourth-order valence-electron chi connectivity index (χ4n) is 5.76. The summed E-state index contributed by atoms with van der Waals surface area (Å²) >= 11 is 6.60. The minimum atomic E-state index is -0.244. The molecule has 1 unspecified atom stereocenters. The molecule has 4 heterocycles. The summed E-state index contributed by atoms with van der Waals surface area (Å²) in [7, 11) is 0. The van der Waals surface area contributed by atoms with Gasteiger partial charge in [0.15, 0.2) is 0 Å². The summed E-state index contributed by atoms with van der Waals surface area (Å²) in [4.78, 5) is 24.8. The second kappa shape index (κ2) is 14.8. The Kier molecular flexibility index (Phi) is 10.2. The third-order valence-corrected chi connectivity index (χ3v) is 8.66. The minimum absolute atomic E-state index is 0.140. The van der Waals surface area contributed by atoms with Crippen molar-refractivity contribution in [2.24, 2.45) is 0 Å². The molecule has 2 N–H and O–H groups in total. The summed E-state index contributed by atoms with van der Waals surface area (Å²) in [5.41, 5.74) is 4.34. The molecule has 4 aromatic rings. The number of aromatic nitrogens is 2. The van der Waals surface area contributed by atoms with E-state index in [9.17, 15) is 10.1 Å². The summed E-state index contributed by atoms with van der Waals surface area (Å²) in [6, 6.07) is 17.3. The maximum Gasteiger partial charge on any atom is 0.248 e. The Morgan fingerprint density at radius 2 is 1.98 bits per heavy atom. The van der Waals surface area contributed by atoms with Crippen molar-refractivity contribution in [1.82, 2.24) is 14.9 Å². The Bertz CT molecular complexity index is 1810. The second-order valence-electron chi connectivity index (χ2n) is 11.9. The molecule has 2 aliphatic rings. The molecule has 6 rings (SSSR count). The van der Waals surface area contributed by atoms with E-state index in [-0.39, 0.29) is 18.6 Å². The zero-order chi connectivity index (χ0) is 32.8. The lowest BCUT2D eigenvalue weighted by Crippen LogP contribution is -2.36. The molecule has 2 aromatic carbocycles. The van der Waals surface area contributed by atoms with Crippen molar-refractivity contribution >= 4 is 45.5 Å². The Labute approximate surface area is 279 Å². The number of hydrogen-bond donors (Lipinski definition) is 2. The molecular weight excluding hydrogens is 616 g/mol. The molecule has 11 heteroatoms. The van der Waals surface area contributed by atoms with Gasteiger partial charge in [0.1, 0.15) is 36.0 Å². The molecule has 242 valence electrons. The summed E-state index contributed by atoms with van der Waals surface area (Å²) in [5, 5.41) is 17.5. The summed E-state index contributed by atoms with van der Waals surface area (Å²) in [5.74, 6) is 0.761. The second-order valence-corrected chi connectivity index (χ2v) is 12.3. The Morgan fingerprint density at radius 1 is 1.15 bits per heavy atom. The third kappa shape index (κ3) is 7.83.